The summed E-state index contributed by atoms with van der Waals surface area (Å²) in [5.74, 6) is 0.0427. The van der Waals surface area contributed by atoms with Gasteiger partial charge in [0.2, 0.25) is 0 Å². The fraction of sp³-hybridized carbons (Fsp3) is 0.875. The first-order chi connectivity index (χ1) is 5.31. The fourth-order valence-corrected chi connectivity index (χ4v) is 1.13. The van der Waals surface area contributed by atoms with E-state index >= 15 is 0 Å². The number of aliphatic hydroxyl groups is 1. The van der Waals surface area contributed by atoms with Crippen LogP contribution in [0.15, 0.2) is 0 Å². The van der Waals surface area contributed by atoms with Crippen LogP contribution in [-0.4, -0.2) is 28.6 Å². The molecule has 0 aromatic rings. The number of hydrogen-bond acceptors (Lipinski definition) is 3. The molecule has 0 rings (SSSR count). The molecule has 72 valence electrons. The van der Waals surface area contributed by atoms with Gasteiger partial charge in [0.25, 0.3) is 0 Å². The molecule has 0 saturated carbocycles. The van der Waals surface area contributed by atoms with Gasteiger partial charge >= 0.3 is 6.16 Å². The van der Waals surface area contributed by atoms with Crippen molar-refractivity contribution in [3.05, 3.63) is 0 Å². The van der Waals surface area contributed by atoms with Crippen molar-refractivity contribution in [2.24, 2.45) is 5.92 Å². The van der Waals surface area contributed by atoms with Gasteiger partial charge in [-0.1, -0.05) is 6.92 Å². The first kappa shape index (κ1) is 11.2. The Kier molecular flexibility index (Phi) is 4.03. The van der Waals surface area contributed by atoms with Crippen molar-refractivity contribution >= 4 is 6.16 Å². The molecule has 2 N–H and O–H groups in total. The molecule has 4 nitrogen and oxygen atoms in total. The molecule has 4 heteroatoms. The minimum atomic E-state index is -1.27. The van der Waals surface area contributed by atoms with Crippen LogP contribution in [0.5, 0.6) is 0 Å². The molecule has 12 heavy (non-hydrogen) atoms. The van der Waals surface area contributed by atoms with E-state index in [9.17, 15) is 9.90 Å². The lowest BCUT2D eigenvalue weighted by atomic mass is 9.96. The molecule has 0 aromatic heterocycles. The van der Waals surface area contributed by atoms with E-state index in [1.807, 2.05) is 6.92 Å². The molecule has 0 aliphatic rings. The van der Waals surface area contributed by atoms with Gasteiger partial charge < -0.3 is 14.9 Å². The second kappa shape index (κ2) is 4.30. The molecule has 1 unspecified atom stereocenters. The minimum absolute atomic E-state index is 0.0427. The quantitative estimate of drug-likeness (QED) is 0.636. The molecular formula is C8H16O4. The van der Waals surface area contributed by atoms with Gasteiger partial charge in [0.1, 0.15) is 0 Å². The van der Waals surface area contributed by atoms with E-state index in [1.54, 1.807) is 13.8 Å². The topological polar surface area (TPSA) is 66.8 Å². The second-order valence-electron chi connectivity index (χ2n) is 3.70. The molecule has 0 bridgehead atoms. The van der Waals surface area contributed by atoms with Crippen LogP contribution in [0.25, 0.3) is 0 Å². The third-order valence-corrected chi connectivity index (χ3v) is 1.34. The van der Waals surface area contributed by atoms with E-state index in [4.69, 9.17) is 5.11 Å². The van der Waals surface area contributed by atoms with Gasteiger partial charge in [-0.05, 0) is 26.2 Å². The average molecular weight is 176 g/mol. The molecule has 0 radical (unpaired) electrons. The summed E-state index contributed by atoms with van der Waals surface area (Å²) in [6.07, 6.45) is -0.738. The lowest BCUT2D eigenvalue weighted by molar-refractivity contribution is 0.0299. The van der Waals surface area contributed by atoms with Gasteiger partial charge in [0.15, 0.2) is 0 Å². The number of carboxylic acid groups (broad SMARTS) is 1. The summed E-state index contributed by atoms with van der Waals surface area (Å²) < 4.78 is 4.36. The summed E-state index contributed by atoms with van der Waals surface area (Å²) in [5, 5.41) is 17.5. The highest BCUT2D eigenvalue weighted by atomic mass is 16.7. The zero-order valence-corrected chi connectivity index (χ0v) is 7.70. The molecule has 1 atom stereocenters. The van der Waals surface area contributed by atoms with Crippen molar-refractivity contribution in [3.8, 4) is 0 Å². The van der Waals surface area contributed by atoms with Gasteiger partial charge in [-0.3, -0.25) is 0 Å². The average Bonchev–Trinajstić information content (AvgIpc) is 1.79. The number of hydrogen-bond donors (Lipinski definition) is 2. The van der Waals surface area contributed by atoms with Crippen LogP contribution in [-0.2, 0) is 4.74 Å². The van der Waals surface area contributed by atoms with Crippen LogP contribution < -0.4 is 0 Å². The highest BCUT2D eigenvalue weighted by molar-refractivity contribution is 5.56. The van der Waals surface area contributed by atoms with E-state index in [2.05, 4.69) is 4.74 Å². The van der Waals surface area contributed by atoms with Crippen LogP contribution in [0.2, 0.25) is 0 Å². The first-order valence-electron chi connectivity index (χ1n) is 3.89. The van der Waals surface area contributed by atoms with Crippen LogP contribution in [0.1, 0.15) is 27.2 Å². The molecular weight excluding hydrogens is 160 g/mol. The Hall–Kier alpha value is -0.770. The summed E-state index contributed by atoms with van der Waals surface area (Å²) in [7, 11) is 0. The van der Waals surface area contributed by atoms with Crippen molar-refractivity contribution in [3.63, 3.8) is 0 Å². The van der Waals surface area contributed by atoms with Gasteiger partial charge in [0.05, 0.1) is 12.2 Å². The van der Waals surface area contributed by atoms with Crippen LogP contribution >= 0.6 is 0 Å². The molecule has 0 spiro atoms. The van der Waals surface area contributed by atoms with Crippen molar-refractivity contribution in [1.82, 2.24) is 0 Å². The maximum Gasteiger partial charge on any atom is 0.505 e. The SMILES string of the molecule is CC(COC(=O)O)CC(C)(C)O. The summed E-state index contributed by atoms with van der Waals surface area (Å²) in [5.41, 5.74) is -0.763. The lowest BCUT2D eigenvalue weighted by Gasteiger charge is -2.21. The van der Waals surface area contributed by atoms with Crippen molar-refractivity contribution < 1.29 is 19.7 Å². The second-order valence-corrected chi connectivity index (χ2v) is 3.70. The van der Waals surface area contributed by atoms with E-state index in [-0.39, 0.29) is 12.5 Å². The predicted octanol–water partition coefficient (Wildman–Crippen LogP) is 1.48. The van der Waals surface area contributed by atoms with E-state index in [0.717, 1.165) is 0 Å². The third kappa shape index (κ3) is 7.34. The zero-order valence-electron chi connectivity index (χ0n) is 7.70. The number of ether oxygens (including phenoxy) is 1. The zero-order chi connectivity index (χ0) is 9.78. The lowest BCUT2D eigenvalue weighted by Crippen LogP contribution is -2.24. The maximum absolute atomic E-state index is 9.98. The molecule has 0 aliphatic carbocycles. The van der Waals surface area contributed by atoms with E-state index in [1.165, 1.54) is 0 Å². The summed E-state index contributed by atoms with van der Waals surface area (Å²) in [4.78, 5) is 9.98. The smallest absolute Gasteiger partial charge is 0.450 e. The minimum Gasteiger partial charge on any atom is -0.450 e. The van der Waals surface area contributed by atoms with Gasteiger partial charge in [-0.2, -0.15) is 0 Å². The van der Waals surface area contributed by atoms with Crippen LogP contribution in [0.3, 0.4) is 0 Å². The fourth-order valence-electron chi connectivity index (χ4n) is 1.13. The van der Waals surface area contributed by atoms with E-state index < -0.39 is 11.8 Å². The largest absolute Gasteiger partial charge is 0.505 e. The Morgan fingerprint density at radius 2 is 2.08 bits per heavy atom. The van der Waals surface area contributed by atoms with Crippen molar-refractivity contribution in [2.45, 2.75) is 32.8 Å². The number of rotatable bonds is 4. The predicted molar refractivity (Wildman–Crippen MR) is 44.1 cm³/mol. The van der Waals surface area contributed by atoms with Crippen molar-refractivity contribution in [1.29, 1.82) is 0 Å². The Bertz CT molecular complexity index is 148. The monoisotopic (exact) mass is 176 g/mol. The third-order valence-electron chi connectivity index (χ3n) is 1.34. The van der Waals surface area contributed by atoms with Crippen molar-refractivity contribution in [2.75, 3.05) is 6.61 Å². The first-order valence-corrected chi connectivity index (χ1v) is 3.89. The molecule has 0 heterocycles. The Labute approximate surface area is 72.2 Å². The highest BCUT2D eigenvalue weighted by Crippen LogP contribution is 2.15. The molecule has 0 amide bonds. The summed E-state index contributed by atoms with van der Waals surface area (Å²) in [6, 6.07) is 0. The Balaban J connectivity index is 3.60. The van der Waals surface area contributed by atoms with Gasteiger partial charge in [-0.15, -0.1) is 0 Å². The Morgan fingerprint density at radius 1 is 1.58 bits per heavy atom. The molecule has 0 aliphatic heterocycles. The normalized spacial score (nSPS) is 14.0. The molecule has 0 saturated heterocycles. The molecule has 0 aromatic carbocycles. The maximum atomic E-state index is 9.98. The standard InChI is InChI=1S/C8H16O4/c1-6(4-8(2,3)11)5-12-7(9)10/h6,11H,4-5H2,1-3H3,(H,9,10). The van der Waals surface area contributed by atoms with E-state index in [0.29, 0.717) is 6.42 Å². The summed E-state index contributed by atoms with van der Waals surface area (Å²) in [6.45, 7) is 5.34. The molecule has 0 fully saturated rings. The number of carbonyl (C=O) groups is 1. The van der Waals surface area contributed by atoms with Gasteiger partial charge in [-0.25, -0.2) is 4.79 Å². The summed E-state index contributed by atoms with van der Waals surface area (Å²) >= 11 is 0. The van der Waals surface area contributed by atoms with Crippen LogP contribution in [0, 0.1) is 5.92 Å². The van der Waals surface area contributed by atoms with Gasteiger partial charge in [0, 0.05) is 0 Å². The highest BCUT2D eigenvalue weighted by Gasteiger charge is 2.17. The Morgan fingerprint density at radius 3 is 2.42 bits per heavy atom. The van der Waals surface area contributed by atoms with Crippen LogP contribution in [0.4, 0.5) is 4.79 Å².